The molecule has 2 amide bonds. The minimum atomic E-state index is -0.833. The average molecular weight is 440 g/mol. The number of hydrogen-bond donors (Lipinski definition) is 2. The number of rotatable bonds is 4. The van der Waals surface area contributed by atoms with E-state index in [0.717, 1.165) is 28.2 Å². The molecule has 1 aromatic heterocycles. The molecule has 6 heteroatoms. The van der Waals surface area contributed by atoms with Gasteiger partial charge in [0, 0.05) is 33.7 Å². The van der Waals surface area contributed by atoms with Crippen molar-refractivity contribution in [2.24, 2.45) is 5.73 Å². The monoisotopic (exact) mass is 439 g/mol. The summed E-state index contributed by atoms with van der Waals surface area (Å²) in [6, 6.07) is 12.2. The molecule has 0 aliphatic heterocycles. The quantitative estimate of drug-likeness (QED) is 0.641. The fraction of sp³-hybridized carbons (Fsp3) is 0.273. The van der Waals surface area contributed by atoms with Crippen LogP contribution in [0.3, 0.4) is 0 Å². The van der Waals surface area contributed by atoms with Crippen LogP contribution in [0.5, 0.6) is 0 Å². The summed E-state index contributed by atoms with van der Waals surface area (Å²) in [6.45, 7) is 0. The molecule has 1 atom stereocenters. The number of likely N-dealkylation sites (N-methyl/N-ethyl adjacent to an activating group) is 1. The number of carbonyl (C=O) groups is 2. The normalized spacial score (nSPS) is 14.5. The van der Waals surface area contributed by atoms with Gasteiger partial charge in [0.05, 0.1) is 0 Å². The number of fused-ring (bicyclic) bond motifs is 3. The van der Waals surface area contributed by atoms with Gasteiger partial charge in [0.2, 0.25) is 5.91 Å². The zero-order valence-electron chi connectivity index (χ0n) is 15.7. The van der Waals surface area contributed by atoms with Gasteiger partial charge in [0.15, 0.2) is 0 Å². The third-order valence-corrected chi connectivity index (χ3v) is 5.98. The lowest BCUT2D eigenvalue weighted by molar-refractivity contribution is -0.122. The molecule has 2 aromatic carbocycles. The number of aryl methyl sites for hydroxylation is 2. The van der Waals surface area contributed by atoms with Crippen molar-refractivity contribution in [3.05, 3.63) is 69.3 Å². The molecule has 5 nitrogen and oxygen atoms in total. The SMILES string of the molecule is CN(C(=O)c1ccc2[nH]c3c(c2c1)CCCC3)[C@@H](C(N)=O)c1cccc(Br)c1. The molecule has 3 N–H and O–H groups in total. The van der Waals surface area contributed by atoms with E-state index in [2.05, 4.69) is 20.9 Å². The van der Waals surface area contributed by atoms with Crippen LogP contribution < -0.4 is 5.73 Å². The van der Waals surface area contributed by atoms with E-state index in [1.54, 1.807) is 13.1 Å². The van der Waals surface area contributed by atoms with Crippen molar-refractivity contribution in [3.63, 3.8) is 0 Å². The topological polar surface area (TPSA) is 79.2 Å². The van der Waals surface area contributed by atoms with Gasteiger partial charge in [-0.05, 0) is 67.1 Å². The van der Waals surface area contributed by atoms with E-state index in [4.69, 9.17) is 5.73 Å². The zero-order chi connectivity index (χ0) is 19.8. The fourth-order valence-corrected chi connectivity index (χ4v) is 4.53. The molecule has 0 spiro atoms. The molecule has 0 fully saturated rings. The number of carbonyl (C=O) groups excluding carboxylic acids is 2. The number of aromatic nitrogens is 1. The van der Waals surface area contributed by atoms with Crippen molar-refractivity contribution in [3.8, 4) is 0 Å². The molecule has 28 heavy (non-hydrogen) atoms. The summed E-state index contributed by atoms with van der Waals surface area (Å²) in [5.41, 5.74) is 10.5. The van der Waals surface area contributed by atoms with Crippen molar-refractivity contribution in [2.45, 2.75) is 31.7 Å². The number of halogens is 1. The van der Waals surface area contributed by atoms with Gasteiger partial charge < -0.3 is 15.6 Å². The highest BCUT2D eigenvalue weighted by Crippen LogP contribution is 2.31. The summed E-state index contributed by atoms with van der Waals surface area (Å²) in [4.78, 5) is 30.2. The van der Waals surface area contributed by atoms with E-state index >= 15 is 0 Å². The third-order valence-electron chi connectivity index (χ3n) is 5.49. The highest BCUT2D eigenvalue weighted by atomic mass is 79.9. The minimum Gasteiger partial charge on any atom is -0.368 e. The molecule has 3 aromatic rings. The van der Waals surface area contributed by atoms with Crippen molar-refractivity contribution in [2.75, 3.05) is 7.05 Å². The number of benzene rings is 2. The van der Waals surface area contributed by atoms with Crippen LogP contribution >= 0.6 is 15.9 Å². The predicted octanol–water partition coefficient (Wildman–Crippen LogP) is 4.11. The fourth-order valence-electron chi connectivity index (χ4n) is 4.12. The second kappa shape index (κ2) is 7.43. The van der Waals surface area contributed by atoms with Gasteiger partial charge in [-0.15, -0.1) is 0 Å². The van der Waals surface area contributed by atoms with Gasteiger partial charge in [-0.25, -0.2) is 0 Å². The first-order valence-electron chi connectivity index (χ1n) is 9.41. The van der Waals surface area contributed by atoms with E-state index in [1.165, 1.54) is 29.0 Å². The number of aromatic amines is 1. The van der Waals surface area contributed by atoms with Crippen LogP contribution in [0.2, 0.25) is 0 Å². The molecule has 1 heterocycles. The van der Waals surface area contributed by atoms with Gasteiger partial charge in [-0.2, -0.15) is 0 Å². The standard InChI is InChI=1S/C22H22BrN3O2/c1-26(20(21(24)27)13-5-4-6-15(23)11-13)22(28)14-9-10-19-17(12-14)16-7-2-3-8-18(16)25-19/h4-6,9-12,20,25H,2-3,7-8H2,1H3,(H2,24,27)/t20-/m1/s1. The molecule has 1 aliphatic rings. The van der Waals surface area contributed by atoms with Crippen molar-refractivity contribution >= 4 is 38.6 Å². The number of primary amides is 1. The molecular weight excluding hydrogens is 418 g/mol. The first kappa shape index (κ1) is 18.7. The lowest BCUT2D eigenvalue weighted by Gasteiger charge is -2.26. The summed E-state index contributed by atoms with van der Waals surface area (Å²) in [5, 5.41) is 1.10. The van der Waals surface area contributed by atoms with E-state index in [-0.39, 0.29) is 5.91 Å². The number of nitrogens with two attached hydrogens (primary N) is 1. The number of nitrogens with zero attached hydrogens (tertiary/aromatic N) is 1. The molecule has 1 aliphatic carbocycles. The molecule has 144 valence electrons. The second-order valence-corrected chi connectivity index (χ2v) is 8.24. The second-order valence-electron chi connectivity index (χ2n) is 7.33. The predicted molar refractivity (Wildman–Crippen MR) is 113 cm³/mol. The molecule has 0 saturated carbocycles. The Kier molecular flexibility index (Phi) is 4.98. The Morgan fingerprint density at radius 3 is 2.68 bits per heavy atom. The lowest BCUT2D eigenvalue weighted by atomic mass is 9.95. The van der Waals surface area contributed by atoms with Gasteiger partial charge in [0.1, 0.15) is 6.04 Å². The van der Waals surface area contributed by atoms with Crippen LogP contribution in [0, 0.1) is 0 Å². The van der Waals surface area contributed by atoms with Crippen molar-refractivity contribution < 1.29 is 9.59 Å². The van der Waals surface area contributed by atoms with E-state index in [1.807, 2.05) is 36.4 Å². The maximum Gasteiger partial charge on any atom is 0.254 e. The summed E-state index contributed by atoms with van der Waals surface area (Å²) >= 11 is 3.41. The summed E-state index contributed by atoms with van der Waals surface area (Å²) in [7, 11) is 1.62. The van der Waals surface area contributed by atoms with E-state index in [9.17, 15) is 9.59 Å². The van der Waals surface area contributed by atoms with Gasteiger partial charge in [0.25, 0.3) is 5.91 Å². The first-order valence-corrected chi connectivity index (χ1v) is 10.2. The Bertz CT molecular complexity index is 1070. The summed E-state index contributed by atoms with van der Waals surface area (Å²) in [5.74, 6) is -0.787. The van der Waals surface area contributed by atoms with Crippen LogP contribution in [0.25, 0.3) is 10.9 Å². The Balaban J connectivity index is 1.70. The van der Waals surface area contributed by atoms with Crippen molar-refractivity contribution in [1.29, 1.82) is 0 Å². The van der Waals surface area contributed by atoms with Crippen LogP contribution in [-0.2, 0) is 17.6 Å². The molecule has 0 radical (unpaired) electrons. The highest BCUT2D eigenvalue weighted by Gasteiger charge is 2.28. The third kappa shape index (κ3) is 3.33. The van der Waals surface area contributed by atoms with Gasteiger partial charge in [-0.1, -0.05) is 28.1 Å². The summed E-state index contributed by atoms with van der Waals surface area (Å²) in [6.07, 6.45) is 4.45. The molecular formula is C22H22BrN3O2. The van der Waals surface area contributed by atoms with Crippen LogP contribution in [0.15, 0.2) is 46.9 Å². The molecule has 0 saturated heterocycles. The molecule has 0 bridgehead atoms. The Labute approximate surface area is 172 Å². The molecule has 0 unspecified atom stereocenters. The number of H-pyrrole nitrogens is 1. The lowest BCUT2D eigenvalue weighted by Crippen LogP contribution is -2.39. The average Bonchev–Trinajstić information content (AvgIpc) is 3.05. The first-order chi connectivity index (χ1) is 13.5. The minimum absolute atomic E-state index is 0.226. The maximum absolute atomic E-state index is 13.2. The van der Waals surface area contributed by atoms with Crippen LogP contribution in [-0.4, -0.2) is 28.7 Å². The van der Waals surface area contributed by atoms with E-state index in [0.29, 0.717) is 11.1 Å². The van der Waals surface area contributed by atoms with Gasteiger partial charge >= 0.3 is 0 Å². The summed E-state index contributed by atoms with van der Waals surface area (Å²) < 4.78 is 0.831. The zero-order valence-corrected chi connectivity index (χ0v) is 17.3. The molecule has 4 rings (SSSR count). The highest BCUT2D eigenvalue weighted by molar-refractivity contribution is 9.10. The number of nitrogens with one attached hydrogen (secondary N) is 1. The van der Waals surface area contributed by atoms with E-state index < -0.39 is 11.9 Å². The van der Waals surface area contributed by atoms with Gasteiger partial charge in [-0.3, -0.25) is 9.59 Å². The van der Waals surface area contributed by atoms with Crippen LogP contribution in [0.4, 0.5) is 0 Å². The maximum atomic E-state index is 13.2. The smallest absolute Gasteiger partial charge is 0.254 e. The largest absolute Gasteiger partial charge is 0.368 e. The number of amides is 2. The Morgan fingerprint density at radius 2 is 1.93 bits per heavy atom. The van der Waals surface area contributed by atoms with Crippen LogP contribution in [0.1, 0.15) is 46.1 Å². The Hall–Kier alpha value is -2.60. The Morgan fingerprint density at radius 1 is 1.14 bits per heavy atom. The van der Waals surface area contributed by atoms with Crippen molar-refractivity contribution in [1.82, 2.24) is 9.88 Å². The number of hydrogen-bond acceptors (Lipinski definition) is 2.